The van der Waals surface area contributed by atoms with Crippen LogP contribution in [0.4, 0.5) is 27.9 Å². The molecule has 12 heteroatoms. The summed E-state index contributed by atoms with van der Waals surface area (Å²) in [4.78, 5) is 25.2. The second-order valence-corrected chi connectivity index (χ2v) is 7.98. The molecule has 0 aliphatic carbocycles. The first kappa shape index (κ1) is 21.2. The lowest BCUT2D eigenvalue weighted by atomic mass is 10.1. The number of carbonyl (C=O) groups excluding carboxylic acids is 1. The van der Waals surface area contributed by atoms with E-state index in [1.807, 2.05) is 0 Å². The first-order chi connectivity index (χ1) is 14.1. The van der Waals surface area contributed by atoms with Gasteiger partial charge in [-0.3, -0.25) is 9.69 Å². The van der Waals surface area contributed by atoms with Crippen LogP contribution >= 0.6 is 0 Å². The second-order valence-electron chi connectivity index (χ2n) is 7.98. The van der Waals surface area contributed by atoms with Crippen molar-refractivity contribution in [2.75, 3.05) is 50.7 Å². The monoisotopic (exact) mass is 434 g/mol. The number of nitrogens with one attached hydrogen (secondary N) is 1. The van der Waals surface area contributed by atoms with E-state index >= 15 is 0 Å². The number of nitrogens with zero attached hydrogens (tertiary/aromatic N) is 5. The molecule has 0 bridgehead atoms. The molecule has 0 spiro atoms. The van der Waals surface area contributed by atoms with Gasteiger partial charge in [0, 0.05) is 57.9 Å². The van der Waals surface area contributed by atoms with Crippen molar-refractivity contribution in [2.45, 2.75) is 37.0 Å². The number of rotatable bonds is 3. The summed E-state index contributed by atoms with van der Waals surface area (Å²) in [5.41, 5.74) is -0.969. The molecule has 0 aromatic carbocycles. The van der Waals surface area contributed by atoms with Gasteiger partial charge in [0.15, 0.2) is 0 Å². The van der Waals surface area contributed by atoms with Crippen LogP contribution in [-0.2, 0) is 11.0 Å². The predicted molar refractivity (Wildman–Crippen MR) is 97.2 cm³/mol. The zero-order valence-corrected chi connectivity index (χ0v) is 16.2. The molecule has 3 aliphatic rings. The zero-order valence-electron chi connectivity index (χ0n) is 16.2. The highest BCUT2D eigenvalue weighted by Gasteiger charge is 2.44. The van der Waals surface area contributed by atoms with Crippen molar-refractivity contribution >= 4 is 11.9 Å². The van der Waals surface area contributed by atoms with E-state index in [1.54, 1.807) is 4.90 Å². The molecule has 0 radical (unpaired) electrons. The van der Waals surface area contributed by atoms with Gasteiger partial charge in [-0.15, -0.1) is 0 Å². The minimum absolute atomic E-state index is 0.0528. The molecule has 3 fully saturated rings. The Hall–Kier alpha value is -2.08. The van der Waals surface area contributed by atoms with Crippen LogP contribution < -0.4 is 10.2 Å². The lowest BCUT2D eigenvalue weighted by Gasteiger charge is -2.37. The van der Waals surface area contributed by atoms with Crippen LogP contribution in [0.2, 0.25) is 0 Å². The highest BCUT2D eigenvalue weighted by Crippen LogP contribution is 2.29. The van der Waals surface area contributed by atoms with Crippen LogP contribution in [-0.4, -0.2) is 89.5 Å². The van der Waals surface area contributed by atoms with Gasteiger partial charge in [0.2, 0.25) is 11.9 Å². The fourth-order valence-corrected chi connectivity index (χ4v) is 4.27. The maximum atomic E-state index is 13.4. The van der Waals surface area contributed by atoms with Gasteiger partial charge in [0.25, 0.3) is 5.92 Å². The Morgan fingerprint density at radius 3 is 2.53 bits per heavy atom. The van der Waals surface area contributed by atoms with E-state index in [1.165, 1.54) is 4.90 Å². The summed E-state index contributed by atoms with van der Waals surface area (Å²) in [6.45, 7) is 2.24. The highest BCUT2D eigenvalue weighted by atomic mass is 19.4. The number of piperazine rings is 1. The van der Waals surface area contributed by atoms with Crippen molar-refractivity contribution in [1.29, 1.82) is 0 Å². The summed E-state index contributed by atoms with van der Waals surface area (Å²) >= 11 is 0. The average molecular weight is 434 g/mol. The van der Waals surface area contributed by atoms with Gasteiger partial charge in [-0.2, -0.15) is 13.2 Å². The quantitative estimate of drug-likeness (QED) is 0.722. The third-order valence-electron chi connectivity index (χ3n) is 5.93. The van der Waals surface area contributed by atoms with Gasteiger partial charge in [0.1, 0.15) is 5.69 Å². The van der Waals surface area contributed by atoms with E-state index < -0.39 is 30.4 Å². The van der Waals surface area contributed by atoms with Crippen molar-refractivity contribution in [1.82, 2.24) is 25.1 Å². The molecule has 1 N–H and O–H groups in total. The van der Waals surface area contributed by atoms with Crippen LogP contribution in [0.3, 0.4) is 0 Å². The Kier molecular flexibility index (Phi) is 5.56. The smallest absolute Gasteiger partial charge is 0.338 e. The average Bonchev–Trinajstić information content (AvgIpc) is 3.34. The van der Waals surface area contributed by atoms with E-state index in [4.69, 9.17) is 0 Å². The molecule has 1 amide bonds. The van der Waals surface area contributed by atoms with E-state index in [9.17, 15) is 26.7 Å². The maximum Gasteiger partial charge on any atom is 0.433 e. The Morgan fingerprint density at radius 1 is 1.17 bits per heavy atom. The minimum atomic E-state index is -4.52. The van der Waals surface area contributed by atoms with Crippen LogP contribution in [0.25, 0.3) is 0 Å². The van der Waals surface area contributed by atoms with E-state index in [-0.39, 0.29) is 30.9 Å². The summed E-state index contributed by atoms with van der Waals surface area (Å²) in [5.74, 6) is -3.04. The molecule has 3 aliphatic heterocycles. The maximum absolute atomic E-state index is 13.4. The van der Waals surface area contributed by atoms with Crippen LogP contribution in [0.1, 0.15) is 18.5 Å². The summed E-state index contributed by atoms with van der Waals surface area (Å²) < 4.78 is 65.3. The molecule has 0 unspecified atom stereocenters. The van der Waals surface area contributed by atoms with E-state index in [0.717, 1.165) is 12.3 Å². The van der Waals surface area contributed by atoms with Gasteiger partial charge < -0.3 is 15.1 Å². The topological polar surface area (TPSA) is 64.6 Å². The molecular weight excluding hydrogens is 411 g/mol. The predicted octanol–water partition coefficient (Wildman–Crippen LogP) is 1.22. The number of anilines is 1. The number of hydrogen-bond donors (Lipinski definition) is 1. The third-order valence-corrected chi connectivity index (χ3v) is 5.93. The highest BCUT2D eigenvalue weighted by molar-refractivity contribution is 5.82. The van der Waals surface area contributed by atoms with Crippen LogP contribution in [0.15, 0.2) is 12.3 Å². The summed E-state index contributed by atoms with van der Waals surface area (Å²) in [7, 11) is 0. The number of carbonyl (C=O) groups is 1. The first-order valence-corrected chi connectivity index (χ1v) is 9.92. The number of alkyl halides is 5. The number of likely N-dealkylation sites (tertiary alicyclic amines) is 1. The largest absolute Gasteiger partial charge is 0.433 e. The van der Waals surface area contributed by atoms with Crippen molar-refractivity contribution < 1.29 is 26.7 Å². The molecule has 1 aromatic heterocycles. The van der Waals surface area contributed by atoms with Crippen LogP contribution in [0, 0.1) is 0 Å². The summed E-state index contributed by atoms with van der Waals surface area (Å²) in [6, 6.07) is 0.442. The number of amides is 1. The molecule has 0 saturated carbocycles. The van der Waals surface area contributed by atoms with Gasteiger partial charge in [-0.05, 0) is 12.5 Å². The second kappa shape index (κ2) is 7.88. The SMILES string of the molecule is O=C([C@@H]1C[C@H](N2CCN(c3nccc(C(F)(F)F)n3)CC2)CN1)N1CCC(F)(F)C1. The van der Waals surface area contributed by atoms with E-state index in [2.05, 4.69) is 20.2 Å². The molecule has 30 heavy (non-hydrogen) atoms. The molecular formula is C18H23F5N6O. The summed E-state index contributed by atoms with van der Waals surface area (Å²) in [5, 5.41) is 3.13. The number of halogens is 5. The normalized spacial score (nSPS) is 27.6. The standard InChI is InChI=1S/C18H23F5N6O/c19-17(20)2-4-29(11-17)15(30)13-9-12(10-25-13)27-5-7-28(8-6-27)16-24-3-1-14(26-16)18(21,22)23/h1,3,12-13,25H,2,4-11H2/t12-,13-/m0/s1. The molecule has 2 atom stereocenters. The molecule has 3 saturated heterocycles. The van der Waals surface area contributed by atoms with Crippen LogP contribution in [0.5, 0.6) is 0 Å². The molecule has 1 aromatic rings. The van der Waals surface area contributed by atoms with Crippen molar-refractivity contribution in [3.63, 3.8) is 0 Å². The fourth-order valence-electron chi connectivity index (χ4n) is 4.27. The minimum Gasteiger partial charge on any atom is -0.338 e. The molecule has 4 rings (SSSR count). The lowest BCUT2D eigenvalue weighted by Crippen LogP contribution is -2.51. The lowest BCUT2D eigenvalue weighted by molar-refractivity contribution is -0.141. The van der Waals surface area contributed by atoms with Gasteiger partial charge in [-0.25, -0.2) is 18.7 Å². The molecule has 166 valence electrons. The molecule has 7 nitrogen and oxygen atoms in total. The Morgan fingerprint density at radius 2 is 1.90 bits per heavy atom. The molecule has 4 heterocycles. The van der Waals surface area contributed by atoms with Crippen molar-refractivity contribution in [3.8, 4) is 0 Å². The van der Waals surface area contributed by atoms with E-state index in [0.29, 0.717) is 39.1 Å². The van der Waals surface area contributed by atoms with Gasteiger partial charge in [-0.1, -0.05) is 0 Å². The Balaban J connectivity index is 1.30. The van der Waals surface area contributed by atoms with Gasteiger partial charge in [0.05, 0.1) is 12.6 Å². The first-order valence-electron chi connectivity index (χ1n) is 9.92. The van der Waals surface area contributed by atoms with Crippen molar-refractivity contribution in [3.05, 3.63) is 18.0 Å². The zero-order chi connectivity index (χ0) is 21.5. The number of aromatic nitrogens is 2. The van der Waals surface area contributed by atoms with Gasteiger partial charge >= 0.3 is 6.18 Å². The Labute approximate surface area is 170 Å². The van der Waals surface area contributed by atoms with Crippen molar-refractivity contribution in [2.24, 2.45) is 0 Å². The fraction of sp³-hybridized carbons (Fsp3) is 0.722. The summed E-state index contributed by atoms with van der Waals surface area (Å²) in [6.07, 6.45) is -3.18. The number of hydrogen-bond acceptors (Lipinski definition) is 6. The Bertz CT molecular complexity index is 783. The third kappa shape index (κ3) is 4.48.